The van der Waals surface area contributed by atoms with Gasteiger partial charge in [-0.25, -0.2) is 0 Å². The van der Waals surface area contributed by atoms with E-state index in [-0.39, 0.29) is 5.57 Å². The van der Waals surface area contributed by atoms with Gasteiger partial charge in [0, 0.05) is 24.5 Å². The molecule has 138 valence electrons. The van der Waals surface area contributed by atoms with Crippen molar-refractivity contribution in [3.8, 4) is 6.07 Å². The zero-order valence-electron chi connectivity index (χ0n) is 14.4. The fraction of sp³-hybridized carbons (Fsp3) is 0.200. The van der Waals surface area contributed by atoms with E-state index in [1.165, 1.54) is 6.08 Å². The Morgan fingerprint density at radius 1 is 1.11 bits per heavy atom. The molecule has 1 N–H and O–H groups in total. The topological polar surface area (TPSA) is 65.4 Å². The third-order valence-electron chi connectivity index (χ3n) is 4.12. The van der Waals surface area contributed by atoms with E-state index < -0.39 is 5.91 Å². The largest absolute Gasteiger partial charge is 0.378 e. The lowest BCUT2D eigenvalue weighted by Gasteiger charge is -2.28. The second-order valence-corrected chi connectivity index (χ2v) is 6.76. The van der Waals surface area contributed by atoms with E-state index in [2.05, 4.69) is 10.2 Å². The van der Waals surface area contributed by atoms with E-state index in [9.17, 15) is 10.1 Å². The van der Waals surface area contributed by atoms with E-state index >= 15 is 0 Å². The molecule has 0 aliphatic carbocycles. The molecular weight excluding hydrogens is 385 g/mol. The zero-order valence-corrected chi connectivity index (χ0v) is 15.9. The maximum absolute atomic E-state index is 12.4. The third-order valence-corrected chi connectivity index (χ3v) is 4.86. The number of hydrogen-bond donors (Lipinski definition) is 1. The van der Waals surface area contributed by atoms with Crippen LogP contribution in [0.3, 0.4) is 0 Å². The molecule has 0 saturated carbocycles. The molecule has 1 aliphatic rings. The molecule has 27 heavy (non-hydrogen) atoms. The van der Waals surface area contributed by atoms with E-state index in [1.807, 2.05) is 30.3 Å². The van der Waals surface area contributed by atoms with Crippen LogP contribution < -0.4 is 10.2 Å². The first kappa shape index (κ1) is 19.2. The third kappa shape index (κ3) is 5.01. The van der Waals surface area contributed by atoms with Gasteiger partial charge in [0.05, 0.1) is 23.3 Å². The minimum Gasteiger partial charge on any atom is -0.378 e. The Labute approximate surface area is 167 Å². The average molecular weight is 402 g/mol. The molecule has 3 rings (SSSR count). The molecule has 0 spiro atoms. The van der Waals surface area contributed by atoms with Crippen LogP contribution in [0, 0.1) is 11.3 Å². The molecule has 1 heterocycles. The van der Waals surface area contributed by atoms with Crippen molar-refractivity contribution in [2.75, 3.05) is 36.5 Å². The highest BCUT2D eigenvalue weighted by Crippen LogP contribution is 2.24. The molecule has 1 saturated heterocycles. The van der Waals surface area contributed by atoms with Crippen molar-refractivity contribution >= 4 is 46.6 Å². The Hall–Kier alpha value is -2.52. The molecule has 2 aromatic rings. The van der Waals surface area contributed by atoms with Crippen molar-refractivity contribution in [2.45, 2.75) is 0 Å². The first-order valence-corrected chi connectivity index (χ1v) is 9.13. The van der Waals surface area contributed by atoms with Crippen LogP contribution in [-0.2, 0) is 9.53 Å². The SMILES string of the molecule is N#C/C(=C\c1ccc(Cl)c(Cl)c1)C(=O)Nc1ccc(N2CCOCC2)cc1. The van der Waals surface area contributed by atoms with Crippen molar-refractivity contribution in [3.63, 3.8) is 0 Å². The summed E-state index contributed by atoms with van der Waals surface area (Å²) in [6.45, 7) is 3.11. The van der Waals surface area contributed by atoms with E-state index in [4.69, 9.17) is 27.9 Å². The lowest BCUT2D eigenvalue weighted by molar-refractivity contribution is -0.112. The summed E-state index contributed by atoms with van der Waals surface area (Å²) in [5.74, 6) is -0.484. The van der Waals surface area contributed by atoms with Crippen LogP contribution in [0.25, 0.3) is 6.08 Å². The molecule has 0 aromatic heterocycles. The highest BCUT2D eigenvalue weighted by Gasteiger charge is 2.13. The summed E-state index contributed by atoms with van der Waals surface area (Å²) >= 11 is 11.9. The zero-order chi connectivity index (χ0) is 19.2. The quantitative estimate of drug-likeness (QED) is 0.609. The van der Waals surface area contributed by atoms with Crippen LogP contribution >= 0.6 is 23.2 Å². The van der Waals surface area contributed by atoms with E-state index in [1.54, 1.807) is 18.2 Å². The van der Waals surface area contributed by atoms with Gasteiger partial charge < -0.3 is 15.0 Å². The number of ether oxygens (including phenoxy) is 1. The van der Waals surface area contributed by atoms with Gasteiger partial charge in [-0.1, -0.05) is 29.3 Å². The first-order chi connectivity index (χ1) is 13.1. The van der Waals surface area contributed by atoms with Crippen molar-refractivity contribution in [1.82, 2.24) is 0 Å². The summed E-state index contributed by atoms with van der Waals surface area (Å²) < 4.78 is 5.35. The van der Waals surface area contributed by atoms with Gasteiger partial charge in [-0.15, -0.1) is 0 Å². The molecule has 0 atom stereocenters. The number of morpholine rings is 1. The van der Waals surface area contributed by atoms with Crippen molar-refractivity contribution < 1.29 is 9.53 Å². The van der Waals surface area contributed by atoms with Gasteiger partial charge in [-0.2, -0.15) is 5.26 Å². The Kier molecular flexibility index (Phi) is 6.36. The van der Waals surface area contributed by atoms with Crippen LogP contribution in [0.15, 0.2) is 48.0 Å². The second-order valence-electron chi connectivity index (χ2n) is 5.94. The molecule has 5 nitrogen and oxygen atoms in total. The van der Waals surface area contributed by atoms with Gasteiger partial charge in [0.15, 0.2) is 0 Å². The monoisotopic (exact) mass is 401 g/mol. The highest BCUT2D eigenvalue weighted by molar-refractivity contribution is 6.42. The Morgan fingerprint density at radius 3 is 2.44 bits per heavy atom. The van der Waals surface area contributed by atoms with Crippen LogP contribution in [-0.4, -0.2) is 32.2 Å². The number of halogens is 2. The smallest absolute Gasteiger partial charge is 0.266 e. The molecule has 1 aliphatic heterocycles. The van der Waals surface area contributed by atoms with Gasteiger partial charge in [0.2, 0.25) is 0 Å². The van der Waals surface area contributed by atoms with E-state index in [0.717, 1.165) is 18.8 Å². The van der Waals surface area contributed by atoms with Crippen LogP contribution in [0.1, 0.15) is 5.56 Å². The van der Waals surface area contributed by atoms with Crippen molar-refractivity contribution in [1.29, 1.82) is 5.26 Å². The molecule has 0 bridgehead atoms. The second kappa shape index (κ2) is 8.92. The van der Waals surface area contributed by atoms with Gasteiger partial charge >= 0.3 is 0 Å². The maximum atomic E-state index is 12.4. The van der Waals surface area contributed by atoms with Crippen molar-refractivity contribution in [2.24, 2.45) is 0 Å². The number of nitrogens with zero attached hydrogens (tertiary/aromatic N) is 2. The number of nitrogens with one attached hydrogen (secondary N) is 1. The highest BCUT2D eigenvalue weighted by atomic mass is 35.5. The lowest BCUT2D eigenvalue weighted by atomic mass is 10.1. The van der Waals surface area contributed by atoms with Gasteiger partial charge in [0.1, 0.15) is 11.6 Å². The summed E-state index contributed by atoms with van der Waals surface area (Å²) in [6.07, 6.45) is 1.47. The molecule has 1 amide bonds. The molecule has 2 aromatic carbocycles. The normalized spacial score (nSPS) is 14.6. The number of anilines is 2. The van der Waals surface area contributed by atoms with Gasteiger partial charge in [-0.3, -0.25) is 4.79 Å². The number of rotatable bonds is 4. The number of benzene rings is 2. The van der Waals surface area contributed by atoms with Gasteiger partial charge in [0.25, 0.3) is 5.91 Å². The predicted octanol–water partition coefficient (Wildman–Crippen LogP) is 4.38. The molecule has 7 heteroatoms. The Morgan fingerprint density at radius 2 is 1.81 bits per heavy atom. The summed E-state index contributed by atoms with van der Waals surface area (Å²) in [7, 11) is 0. The fourth-order valence-electron chi connectivity index (χ4n) is 2.69. The maximum Gasteiger partial charge on any atom is 0.266 e. The number of hydrogen-bond acceptors (Lipinski definition) is 4. The van der Waals surface area contributed by atoms with Crippen LogP contribution in [0.4, 0.5) is 11.4 Å². The number of carbonyl (C=O) groups is 1. The summed E-state index contributed by atoms with van der Waals surface area (Å²) in [5, 5.41) is 12.8. The first-order valence-electron chi connectivity index (χ1n) is 8.38. The molecular formula is C20H17Cl2N3O2. The molecule has 0 radical (unpaired) electrons. The Bertz CT molecular complexity index is 898. The summed E-state index contributed by atoms with van der Waals surface area (Å²) in [4.78, 5) is 14.6. The van der Waals surface area contributed by atoms with Crippen LogP contribution in [0.2, 0.25) is 10.0 Å². The summed E-state index contributed by atoms with van der Waals surface area (Å²) in [6, 6.07) is 14.3. The van der Waals surface area contributed by atoms with Crippen LogP contribution in [0.5, 0.6) is 0 Å². The molecule has 1 fully saturated rings. The molecule has 0 unspecified atom stereocenters. The van der Waals surface area contributed by atoms with Crippen molar-refractivity contribution in [3.05, 3.63) is 63.6 Å². The number of carbonyl (C=O) groups excluding carboxylic acids is 1. The minimum absolute atomic E-state index is 0.0226. The summed E-state index contributed by atoms with van der Waals surface area (Å²) in [5.41, 5.74) is 2.29. The number of nitriles is 1. The average Bonchev–Trinajstić information content (AvgIpc) is 2.70. The number of amides is 1. The Balaban J connectivity index is 1.70. The minimum atomic E-state index is -0.484. The van der Waals surface area contributed by atoms with Gasteiger partial charge in [-0.05, 0) is 48.0 Å². The standard InChI is InChI=1S/C20H17Cl2N3O2/c21-18-6-1-14(12-19(18)22)11-15(13-23)20(26)24-16-2-4-17(5-3-16)25-7-9-27-10-8-25/h1-6,11-12H,7-10H2,(H,24,26)/b15-11+. The fourth-order valence-corrected chi connectivity index (χ4v) is 3.00. The van der Waals surface area contributed by atoms with E-state index in [0.29, 0.717) is 34.5 Å². The predicted molar refractivity (Wildman–Crippen MR) is 108 cm³/mol. The lowest BCUT2D eigenvalue weighted by Crippen LogP contribution is -2.36.